The summed E-state index contributed by atoms with van der Waals surface area (Å²) < 4.78 is 45.6. The largest absolute Gasteiger partial charge is 0.547 e. The summed E-state index contributed by atoms with van der Waals surface area (Å²) >= 11 is 0. The van der Waals surface area contributed by atoms with Crippen LogP contribution in [0.5, 0.6) is 5.75 Å². The number of hydrogen-bond acceptors (Lipinski definition) is 8. The molecule has 12 heteroatoms. The Bertz CT molecular complexity index is 817. The van der Waals surface area contributed by atoms with Gasteiger partial charge in [-0.05, 0) is 31.4 Å². The second-order valence-electron chi connectivity index (χ2n) is 7.40. The minimum absolute atomic E-state index is 0.0140. The summed E-state index contributed by atoms with van der Waals surface area (Å²) in [6, 6.07) is 4.57. The smallest absolute Gasteiger partial charge is 0.534 e. The zero-order valence-electron chi connectivity index (χ0n) is 17.9. The number of carbonyl (C=O) groups is 3. The van der Waals surface area contributed by atoms with Gasteiger partial charge in [0.1, 0.15) is 11.3 Å². The summed E-state index contributed by atoms with van der Waals surface area (Å²) in [6.45, 7) is 2.17. The molecule has 0 saturated heterocycles. The van der Waals surface area contributed by atoms with E-state index in [0.717, 1.165) is 13.3 Å². The van der Waals surface area contributed by atoms with Gasteiger partial charge in [0.2, 0.25) is 18.6 Å². The lowest BCUT2D eigenvalue weighted by Crippen LogP contribution is -2.53. The first-order chi connectivity index (χ1) is 15.1. The van der Waals surface area contributed by atoms with Gasteiger partial charge in [0.15, 0.2) is 0 Å². The Labute approximate surface area is 184 Å². The van der Waals surface area contributed by atoms with Crippen LogP contribution in [0.15, 0.2) is 18.2 Å². The molecular formula is C20H26BF2NO8. The number of carbonyl (C=O) groups excluding carboxylic acids is 3. The van der Waals surface area contributed by atoms with Crippen LogP contribution in [0, 0.1) is 0 Å². The summed E-state index contributed by atoms with van der Waals surface area (Å²) in [4.78, 5) is 35.6. The summed E-state index contributed by atoms with van der Waals surface area (Å²) in [5.41, 5.74) is 0.482. The third-order valence-electron chi connectivity index (χ3n) is 4.56. The first-order valence-electron chi connectivity index (χ1n) is 10.2. The molecule has 0 saturated carbocycles. The zero-order chi connectivity index (χ0) is 23.7. The highest BCUT2D eigenvalue weighted by Crippen LogP contribution is 2.30. The van der Waals surface area contributed by atoms with Crippen molar-refractivity contribution in [3.8, 4) is 5.75 Å². The van der Waals surface area contributed by atoms with Gasteiger partial charge in [0.25, 0.3) is 0 Å². The third kappa shape index (κ3) is 7.99. The molecule has 176 valence electrons. The lowest BCUT2D eigenvalue weighted by molar-refractivity contribution is -0.123. The third-order valence-corrected chi connectivity index (χ3v) is 4.56. The highest BCUT2D eigenvalue weighted by molar-refractivity contribution is 6.47. The van der Waals surface area contributed by atoms with Gasteiger partial charge < -0.3 is 29.2 Å². The number of rotatable bonds is 10. The molecule has 1 amide bonds. The van der Waals surface area contributed by atoms with Crippen LogP contribution in [0.1, 0.15) is 55.5 Å². The number of halogens is 2. The highest BCUT2D eigenvalue weighted by atomic mass is 19.3. The van der Waals surface area contributed by atoms with Crippen molar-refractivity contribution < 1.29 is 47.1 Å². The van der Waals surface area contributed by atoms with Crippen LogP contribution in [0.2, 0.25) is 0 Å². The molecular weight excluding hydrogens is 431 g/mol. The van der Waals surface area contributed by atoms with Crippen LogP contribution >= 0.6 is 0 Å². The van der Waals surface area contributed by atoms with Crippen LogP contribution < -0.4 is 9.97 Å². The summed E-state index contributed by atoms with van der Waals surface area (Å²) in [7, 11) is -1.51. The van der Waals surface area contributed by atoms with Crippen molar-refractivity contribution in [2.24, 2.45) is 0 Å². The van der Waals surface area contributed by atoms with Crippen molar-refractivity contribution in [1.29, 1.82) is 0 Å². The lowest BCUT2D eigenvalue weighted by atomic mass is 9.72. The van der Waals surface area contributed by atoms with Gasteiger partial charge in [-0.3, -0.25) is 4.79 Å². The second-order valence-corrected chi connectivity index (χ2v) is 7.40. The van der Waals surface area contributed by atoms with Gasteiger partial charge in [-0.15, -0.1) is 0 Å². The number of nitrogens with one attached hydrogen (secondary N) is 1. The molecule has 1 aliphatic rings. The Kier molecular flexibility index (Phi) is 9.24. The molecule has 1 heterocycles. The molecule has 0 radical (unpaired) electrons. The molecule has 0 aromatic heterocycles. The van der Waals surface area contributed by atoms with Crippen molar-refractivity contribution in [3.05, 3.63) is 29.3 Å². The molecule has 2 N–H and O–H groups in total. The first-order valence-corrected chi connectivity index (χ1v) is 10.2. The van der Waals surface area contributed by atoms with Gasteiger partial charge in [-0.25, -0.2) is 18.4 Å². The highest BCUT2D eigenvalue weighted by Gasteiger charge is 2.38. The number of esters is 1. The average molecular weight is 457 g/mol. The lowest BCUT2D eigenvalue weighted by Gasteiger charge is -2.29. The topological polar surface area (TPSA) is 120 Å². The summed E-state index contributed by atoms with van der Waals surface area (Å²) in [5, 5.41) is 12.7. The average Bonchev–Trinajstić information content (AvgIpc) is 2.72. The maximum absolute atomic E-state index is 12.9. The van der Waals surface area contributed by atoms with Gasteiger partial charge in [0, 0.05) is 12.8 Å². The van der Waals surface area contributed by atoms with E-state index in [1.54, 1.807) is 12.1 Å². The molecule has 1 unspecified atom stereocenters. The van der Waals surface area contributed by atoms with E-state index in [0.29, 0.717) is 12.0 Å². The van der Waals surface area contributed by atoms with Crippen molar-refractivity contribution in [1.82, 2.24) is 5.32 Å². The van der Waals surface area contributed by atoms with Crippen LogP contribution in [-0.2, 0) is 25.4 Å². The molecule has 1 aromatic carbocycles. The van der Waals surface area contributed by atoms with E-state index in [9.17, 15) is 28.2 Å². The molecule has 1 atom stereocenters. The molecule has 32 heavy (non-hydrogen) atoms. The molecule has 2 rings (SSSR count). The van der Waals surface area contributed by atoms with Crippen molar-refractivity contribution >= 4 is 25.2 Å². The van der Waals surface area contributed by atoms with Gasteiger partial charge in [-0.1, -0.05) is 25.5 Å². The monoisotopic (exact) mass is 457 g/mol. The standard InChI is InChI=1S/C20H26BF2NO8/c1-3-4-10-29-19(27)31-12-30-18(26)14-7-5-6-13-11-15(21(28)32-17(13)14)24-16(25)8-9-20(2,22)23/h5-7,15,28H,3-4,8-12H2,1-2H3,(H,24,25). The Morgan fingerprint density at radius 2 is 2.03 bits per heavy atom. The fraction of sp³-hybridized carbons (Fsp3) is 0.550. The zero-order valence-corrected chi connectivity index (χ0v) is 17.9. The van der Waals surface area contributed by atoms with Crippen LogP contribution in [-0.4, -0.2) is 55.4 Å². The molecule has 9 nitrogen and oxygen atoms in total. The van der Waals surface area contributed by atoms with Gasteiger partial charge >= 0.3 is 19.2 Å². The van der Waals surface area contributed by atoms with E-state index in [2.05, 4.69) is 10.1 Å². The molecule has 0 bridgehead atoms. The molecule has 0 aliphatic carbocycles. The fourth-order valence-electron chi connectivity index (χ4n) is 2.87. The number of fused-ring (bicyclic) bond motifs is 1. The first kappa shape index (κ1) is 25.4. The fourth-order valence-corrected chi connectivity index (χ4v) is 2.87. The molecule has 0 spiro atoms. The Balaban J connectivity index is 1.93. The number of unbranched alkanes of at least 4 members (excludes halogenated alkanes) is 1. The minimum atomic E-state index is -2.98. The summed E-state index contributed by atoms with van der Waals surface area (Å²) in [6.07, 6.45) is -0.376. The molecule has 0 fully saturated rings. The van der Waals surface area contributed by atoms with Crippen molar-refractivity contribution in [3.63, 3.8) is 0 Å². The van der Waals surface area contributed by atoms with E-state index in [1.807, 2.05) is 6.92 Å². The predicted molar refractivity (Wildman–Crippen MR) is 108 cm³/mol. The molecule has 1 aliphatic heterocycles. The predicted octanol–water partition coefficient (Wildman–Crippen LogP) is 2.63. The Morgan fingerprint density at radius 3 is 2.72 bits per heavy atom. The second kappa shape index (κ2) is 11.7. The number of benzene rings is 1. The van der Waals surface area contributed by atoms with Gasteiger partial charge in [-0.2, -0.15) is 0 Å². The normalized spacial score (nSPS) is 15.3. The Hall–Kier alpha value is -2.89. The van der Waals surface area contributed by atoms with Crippen LogP contribution in [0.3, 0.4) is 0 Å². The summed E-state index contributed by atoms with van der Waals surface area (Å²) in [5.74, 6) is -5.31. The van der Waals surface area contributed by atoms with E-state index in [1.165, 1.54) is 6.07 Å². The quantitative estimate of drug-likeness (QED) is 0.238. The van der Waals surface area contributed by atoms with Crippen LogP contribution in [0.25, 0.3) is 0 Å². The van der Waals surface area contributed by atoms with Crippen molar-refractivity contribution in [2.45, 2.75) is 57.8 Å². The SMILES string of the molecule is CCCCOC(=O)OCOC(=O)c1cccc2c1OB(O)C(NC(=O)CCC(C)(F)F)C2. The number of amides is 1. The Morgan fingerprint density at radius 1 is 1.28 bits per heavy atom. The maximum Gasteiger partial charge on any atom is 0.547 e. The number of hydrogen-bond donors (Lipinski definition) is 2. The number of alkyl halides is 2. The molecule has 1 aromatic rings. The van der Waals surface area contributed by atoms with E-state index < -0.39 is 56.6 Å². The van der Waals surface area contributed by atoms with Gasteiger partial charge in [0.05, 0.1) is 12.5 Å². The maximum atomic E-state index is 12.9. The number of para-hydroxylation sites is 1. The minimum Gasteiger partial charge on any atom is -0.534 e. The van der Waals surface area contributed by atoms with E-state index >= 15 is 0 Å². The number of ether oxygens (including phenoxy) is 3. The van der Waals surface area contributed by atoms with E-state index in [-0.39, 0.29) is 24.3 Å². The van der Waals surface area contributed by atoms with Crippen molar-refractivity contribution in [2.75, 3.05) is 13.4 Å². The van der Waals surface area contributed by atoms with E-state index in [4.69, 9.17) is 14.1 Å². The van der Waals surface area contributed by atoms with Crippen LogP contribution in [0.4, 0.5) is 13.6 Å².